The summed E-state index contributed by atoms with van der Waals surface area (Å²) < 4.78 is 0. The van der Waals surface area contributed by atoms with Gasteiger partial charge in [-0.1, -0.05) is 75.4 Å². The zero-order chi connectivity index (χ0) is 16.7. The Kier molecular flexibility index (Phi) is 6.37. The molecule has 0 saturated heterocycles. The Hall–Kier alpha value is -1.64. The van der Waals surface area contributed by atoms with E-state index in [0.717, 1.165) is 32.6 Å². The second kappa shape index (κ2) is 8.28. The molecule has 0 radical (unpaired) electrons. The molecular weight excluding hydrogens is 280 g/mol. The van der Waals surface area contributed by atoms with E-state index in [0.29, 0.717) is 0 Å². The maximum absolute atomic E-state index is 5.70. The highest BCUT2D eigenvalue weighted by Crippen LogP contribution is 2.22. The number of benzene rings is 2. The summed E-state index contributed by atoms with van der Waals surface area (Å²) in [4.78, 5) is 2.48. The van der Waals surface area contributed by atoms with Crippen LogP contribution >= 0.6 is 0 Å². The lowest BCUT2D eigenvalue weighted by Gasteiger charge is -2.23. The third-order valence-electron chi connectivity index (χ3n) is 4.15. The summed E-state index contributed by atoms with van der Waals surface area (Å²) in [6.45, 7) is 10.5. The number of rotatable bonds is 7. The van der Waals surface area contributed by atoms with Crippen LogP contribution in [0.1, 0.15) is 43.9 Å². The Labute approximate surface area is 141 Å². The van der Waals surface area contributed by atoms with Crippen molar-refractivity contribution in [2.75, 3.05) is 13.1 Å². The topological polar surface area (TPSA) is 29.3 Å². The maximum Gasteiger partial charge on any atom is 0.0237 e. The molecule has 0 aliphatic rings. The van der Waals surface area contributed by atoms with E-state index in [1.165, 1.54) is 16.7 Å². The highest BCUT2D eigenvalue weighted by Gasteiger charge is 2.13. The summed E-state index contributed by atoms with van der Waals surface area (Å²) in [5.41, 5.74) is 10.0. The average Bonchev–Trinajstić information content (AvgIpc) is 2.53. The monoisotopic (exact) mass is 310 g/mol. The molecule has 2 aromatic carbocycles. The predicted octanol–water partition coefficient (Wildman–Crippen LogP) is 4.34. The third-order valence-corrected chi connectivity index (χ3v) is 4.15. The van der Waals surface area contributed by atoms with Crippen molar-refractivity contribution in [3.63, 3.8) is 0 Å². The maximum atomic E-state index is 5.70. The molecular formula is C21H30N2. The molecule has 2 rings (SSSR count). The van der Waals surface area contributed by atoms with E-state index in [9.17, 15) is 0 Å². The minimum Gasteiger partial charge on any atom is -0.330 e. The summed E-state index contributed by atoms with van der Waals surface area (Å²) in [7, 11) is 0. The first-order chi connectivity index (χ1) is 11.0. The zero-order valence-corrected chi connectivity index (χ0v) is 14.8. The lowest BCUT2D eigenvalue weighted by Crippen LogP contribution is -2.25. The number of hydrogen-bond donors (Lipinski definition) is 1. The Morgan fingerprint density at radius 2 is 1.39 bits per heavy atom. The van der Waals surface area contributed by atoms with Crippen molar-refractivity contribution in [3.05, 3.63) is 71.3 Å². The van der Waals surface area contributed by atoms with E-state index >= 15 is 0 Å². The van der Waals surface area contributed by atoms with E-state index in [4.69, 9.17) is 5.73 Å². The molecule has 0 heterocycles. The van der Waals surface area contributed by atoms with Crippen molar-refractivity contribution in [3.8, 4) is 0 Å². The van der Waals surface area contributed by atoms with Gasteiger partial charge in [-0.15, -0.1) is 0 Å². The summed E-state index contributed by atoms with van der Waals surface area (Å²) in [6.07, 6.45) is 1.03. The highest BCUT2D eigenvalue weighted by atomic mass is 15.1. The van der Waals surface area contributed by atoms with Gasteiger partial charge >= 0.3 is 0 Å². The van der Waals surface area contributed by atoms with Gasteiger partial charge in [0.25, 0.3) is 0 Å². The summed E-state index contributed by atoms with van der Waals surface area (Å²) in [6, 6.07) is 19.7. The quantitative estimate of drug-likeness (QED) is 0.824. The van der Waals surface area contributed by atoms with Crippen LogP contribution in [0.5, 0.6) is 0 Å². The molecule has 0 aliphatic heterocycles. The van der Waals surface area contributed by atoms with Crippen molar-refractivity contribution in [2.45, 2.75) is 45.7 Å². The molecule has 0 amide bonds. The minimum absolute atomic E-state index is 0.210. The molecule has 2 heteroatoms. The van der Waals surface area contributed by atoms with Crippen molar-refractivity contribution in [1.82, 2.24) is 4.90 Å². The van der Waals surface area contributed by atoms with E-state index in [2.05, 4.69) is 80.3 Å². The Balaban J connectivity index is 2.05. The number of hydrogen-bond acceptors (Lipinski definition) is 2. The van der Waals surface area contributed by atoms with Crippen molar-refractivity contribution >= 4 is 0 Å². The van der Waals surface area contributed by atoms with Crippen LogP contribution in [-0.2, 0) is 18.5 Å². The average molecular weight is 310 g/mol. The van der Waals surface area contributed by atoms with Crippen LogP contribution in [0.2, 0.25) is 0 Å². The van der Waals surface area contributed by atoms with Crippen LogP contribution in [0.3, 0.4) is 0 Å². The summed E-state index contributed by atoms with van der Waals surface area (Å²) in [5, 5.41) is 0. The Morgan fingerprint density at radius 3 is 1.91 bits per heavy atom. The molecule has 2 N–H and O–H groups in total. The van der Waals surface area contributed by atoms with Gasteiger partial charge in [-0.25, -0.2) is 0 Å². The van der Waals surface area contributed by atoms with Crippen molar-refractivity contribution in [1.29, 1.82) is 0 Å². The molecule has 2 aromatic rings. The fourth-order valence-electron chi connectivity index (χ4n) is 2.74. The normalized spacial score (nSPS) is 11.9. The fraction of sp³-hybridized carbons (Fsp3) is 0.429. The van der Waals surface area contributed by atoms with Gasteiger partial charge in [0, 0.05) is 19.6 Å². The lowest BCUT2D eigenvalue weighted by molar-refractivity contribution is 0.255. The molecule has 0 fully saturated rings. The van der Waals surface area contributed by atoms with Crippen LogP contribution in [0.15, 0.2) is 54.6 Å². The molecule has 0 saturated carbocycles. The molecule has 23 heavy (non-hydrogen) atoms. The molecule has 0 bridgehead atoms. The van der Waals surface area contributed by atoms with Gasteiger partial charge in [0.05, 0.1) is 0 Å². The van der Waals surface area contributed by atoms with Crippen molar-refractivity contribution in [2.24, 2.45) is 5.73 Å². The zero-order valence-electron chi connectivity index (χ0n) is 14.8. The van der Waals surface area contributed by atoms with Gasteiger partial charge in [0.1, 0.15) is 0 Å². The smallest absolute Gasteiger partial charge is 0.0237 e. The predicted molar refractivity (Wildman–Crippen MR) is 99.4 cm³/mol. The second-order valence-electron chi connectivity index (χ2n) is 7.29. The summed E-state index contributed by atoms with van der Waals surface area (Å²) in [5.74, 6) is 0. The van der Waals surface area contributed by atoms with Gasteiger partial charge in [-0.2, -0.15) is 0 Å². The van der Waals surface area contributed by atoms with Gasteiger partial charge in [-0.05, 0) is 35.1 Å². The molecule has 0 aromatic heterocycles. The molecule has 0 aliphatic carbocycles. The standard InChI is InChI=1S/C21H30N2/c1-21(2,3)20-12-10-19(11-13-20)17-23(15-7-14-22)16-18-8-5-4-6-9-18/h4-6,8-13H,7,14-17,22H2,1-3H3. The fourth-order valence-corrected chi connectivity index (χ4v) is 2.74. The van der Waals surface area contributed by atoms with Crippen LogP contribution in [0.4, 0.5) is 0 Å². The highest BCUT2D eigenvalue weighted by molar-refractivity contribution is 5.27. The van der Waals surface area contributed by atoms with Crippen molar-refractivity contribution < 1.29 is 0 Å². The Bertz CT molecular complexity index is 567. The van der Waals surface area contributed by atoms with Crippen LogP contribution in [0.25, 0.3) is 0 Å². The van der Waals surface area contributed by atoms with Crippen LogP contribution in [-0.4, -0.2) is 18.0 Å². The molecule has 0 unspecified atom stereocenters. The van der Waals surface area contributed by atoms with Crippen LogP contribution in [0, 0.1) is 0 Å². The largest absolute Gasteiger partial charge is 0.330 e. The second-order valence-corrected chi connectivity index (χ2v) is 7.29. The van der Waals surface area contributed by atoms with E-state index in [1.54, 1.807) is 0 Å². The van der Waals surface area contributed by atoms with E-state index < -0.39 is 0 Å². The number of nitrogens with zero attached hydrogens (tertiary/aromatic N) is 1. The lowest BCUT2D eigenvalue weighted by atomic mass is 9.87. The van der Waals surface area contributed by atoms with Gasteiger partial charge < -0.3 is 5.73 Å². The minimum atomic E-state index is 0.210. The van der Waals surface area contributed by atoms with Gasteiger partial charge in [0.15, 0.2) is 0 Å². The van der Waals surface area contributed by atoms with Crippen LogP contribution < -0.4 is 5.73 Å². The summed E-state index contributed by atoms with van der Waals surface area (Å²) >= 11 is 0. The first-order valence-electron chi connectivity index (χ1n) is 8.55. The van der Waals surface area contributed by atoms with Gasteiger partial charge in [-0.3, -0.25) is 4.90 Å². The first-order valence-corrected chi connectivity index (χ1v) is 8.55. The van der Waals surface area contributed by atoms with E-state index in [-0.39, 0.29) is 5.41 Å². The number of nitrogens with two attached hydrogens (primary N) is 1. The van der Waals surface area contributed by atoms with Gasteiger partial charge in [0.2, 0.25) is 0 Å². The molecule has 2 nitrogen and oxygen atoms in total. The Morgan fingerprint density at radius 1 is 0.826 bits per heavy atom. The first kappa shape index (κ1) is 17.7. The molecule has 0 atom stereocenters. The SMILES string of the molecule is CC(C)(C)c1ccc(CN(CCCN)Cc2ccccc2)cc1. The third kappa shape index (κ3) is 5.81. The molecule has 124 valence electrons. The molecule has 0 spiro atoms. The van der Waals surface area contributed by atoms with E-state index in [1.807, 2.05) is 0 Å².